The summed E-state index contributed by atoms with van der Waals surface area (Å²) in [6.07, 6.45) is 1.78. The van der Waals surface area contributed by atoms with Crippen molar-refractivity contribution >= 4 is 51.9 Å². The lowest BCUT2D eigenvalue weighted by atomic mass is 9.96. The Morgan fingerprint density at radius 3 is 2.63 bits per heavy atom. The molecule has 1 aromatic carbocycles. The van der Waals surface area contributed by atoms with Crippen molar-refractivity contribution < 1.29 is 9.59 Å². The van der Waals surface area contributed by atoms with Crippen LogP contribution in [0.1, 0.15) is 48.0 Å². The molecule has 7 heteroatoms. The number of benzene rings is 1. The first kappa shape index (κ1) is 21.3. The van der Waals surface area contributed by atoms with Crippen molar-refractivity contribution in [1.82, 2.24) is 0 Å². The minimum absolute atomic E-state index is 0. The molecule has 3 rings (SSSR count). The van der Waals surface area contributed by atoms with E-state index in [1.165, 1.54) is 11.3 Å². The van der Waals surface area contributed by atoms with Crippen LogP contribution in [0.15, 0.2) is 24.3 Å². The molecule has 27 heavy (non-hydrogen) atoms. The Balaban J connectivity index is 0.00000261. The zero-order valence-electron chi connectivity index (χ0n) is 16.1. The van der Waals surface area contributed by atoms with Crippen molar-refractivity contribution in [2.24, 2.45) is 5.41 Å². The number of hydrogen-bond donors (Lipinski definition) is 2. The summed E-state index contributed by atoms with van der Waals surface area (Å²) in [4.78, 5) is 27.9. The normalized spacial score (nSPS) is 13.6. The summed E-state index contributed by atoms with van der Waals surface area (Å²) < 4.78 is 0. The molecule has 0 radical (unpaired) electrons. The summed E-state index contributed by atoms with van der Waals surface area (Å²) >= 11 is 1.33. The van der Waals surface area contributed by atoms with E-state index in [9.17, 15) is 9.59 Å². The van der Waals surface area contributed by atoms with Crippen molar-refractivity contribution in [3.8, 4) is 0 Å². The van der Waals surface area contributed by atoms with Crippen LogP contribution >= 0.6 is 23.7 Å². The Morgan fingerprint density at radius 1 is 1.26 bits per heavy atom. The molecule has 146 valence electrons. The fourth-order valence-corrected chi connectivity index (χ4v) is 4.06. The standard InChI is InChI=1S/C20H25N3O2S.ClH/c1-12-11-16(22-19(25)20(2,3)4)26-17(12)18(24)23-10-6-7-13-14(21)8-5-9-15(13)23;/h5,8-9,11H,6-7,10,21H2,1-4H3,(H,22,25);1H. The van der Waals surface area contributed by atoms with E-state index in [-0.39, 0.29) is 24.2 Å². The predicted molar refractivity (Wildman–Crippen MR) is 115 cm³/mol. The van der Waals surface area contributed by atoms with Crippen molar-refractivity contribution in [2.45, 2.75) is 40.5 Å². The maximum absolute atomic E-state index is 13.2. The van der Waals surface area contributed by atoms with Crippen molar-refractivity contribution in [3.63, 3.8) is 0 Å². The van der Waals surface area contributed by atoms with Gasteiger partial charge in [0.1, 0.15) is 0 Å². The van der Waals surface area contributed by atoms with Gasteiger partial charge in [-0.15, -0.1) is 23.7 Å². The average molecular weight is 408 g/mol. The first-order valence-corrected chi connectivity index (χ1v) is 9.61. The quantitative estimate of drug-likeness (QED) is 0.712. The molecule has 0 spiro atoms. The molecule has 0 fully saturated rings. The number of anilines is 3. The van der Waals surface area contributed by atoms with Crippen LogP contribution < -0.4 is 16.0 Å². The zero-order chi connectivity index (χ0) is 19.1. The van der Waals surface area contributed by atoms with Gasteiger partial charge >= 0.3 is 0 Å². The summed E-state index contributed by atoms with van der Waals surface area (Å²) in [6.45, 7) is 8.18. The molecule has 3 N–H and O–H groups in total. The minimum atomic E-state index is -0.481. The summed E-state index contributed by atoms with van der Waals surface area (Å²) in [5.74, 6) is -0.0934. The number of nitrogens with one attached hydrogen (secondary N) is 1. The molecule has 0 bridgehead atoms. The molecule has 2 heterocycles. The van der Waals surface area contributed by atoms with E-state index in [0.717, 1.165) is 35.3 Å². The Hall–Kier alpha value is -2.05. The molecule has 0 unspecified atom stereocenters. The molecule has 2 aromatic rings. The molecule has 0 aliphatic carbocycles. The minimum Gasteiger partial charge on any atom is -0.398 e. The highest BCUT2D eigenvalue weighted by Gasteiger charge is 2.28. The number of carbonyl (C=O) groups excluding carboxylic acids is 2. The van der Waals surface area contributed by atoms with Crippen molar-refractivity contribution in [2.75, 3.05) is 22.5 Å². The molecule has 1 aliphatic rings. The highest BCUT2D eigenvalue weighted by Crippen LogP contribution is 2.35. The van der Waals surface area contributed by atoms with Gasteiger partial charge in [0.2, 0.25) is 5.91 Å². The molecule has 0 saturated carbocycles. The van der Waals surface area contributed by atoms with Crippen LogP contribution in [-0.2, 0) is 11.2 Å². The fraction of sp³-hybridized carbons (Fsp3) is 0.400. The van der Waals surface area contributed by atoms with Crippen LogP contribution in [0.4, 0.5) is 16.4 Å². The zero-order valence-corrected chi connectivity index (χ0v) is 17.7. The van der Waals surface area contributed by atoms with Crippen molar-refractivity contribution in [3.05, 3.63) is 40.3 Å². The lowest BCUT2D eigenvalue weighted by Crippen LogP contribution is -2.35. The second kappa shape index (κ2) is 7.90. The highest BCUT2D eigenvalue weighted by molar-refractivity contribution is 7.18. The van der Waals surface area contributed by atoms with Gasteiger partial charge in [-0.05, 0) is 49.1 Å². The average Bonchev–Trinajstić information content (AvgIpc) is 2.93. The van der Waals surface area contributed by atoms with Crippen LogP contribution in [0.2, 0.25) is 0 Å². The second-order valence-electron chi connectivity index (χ2n) is 7.73. The summed E-state index contributed by atoms with van der Waals surface area (Å²) in [7, 11) is 0. The van der Waals surface area contributed by atoms with Crippen LogP contribution in [0.25, 0.3) is 0 Å². The summed E-state index contributed by atoms with van der Waals surface area (Å²) in [5.41, 5.74) is 9.16. The van der Waals surface area contributed by atoms with Crippen molar-refractivity contribution in [1.29, 1.82) is 0 Å². The van der Waals surface area contributed by atoms with E-state index in [4.69, 9.17) is 5.73 Å². The van der Waals surface area contributed by atoms with Gasteiger partial charge < -0.3 is 16.0 Å². The van der Waals surface area contributed by atoms with Crippen LogP contribution in [0.3, 0.4) is 0 Å². The number of fused-ring (bicyclic) bond motifs is 1. The molecule has 5 nitrogen and oxygen atoms in total. The highest BCUT2D eigenvalue weighted by atomic mass is 35.5. The fourth-order valence-electron chi connectivity index (χ4n) is 3.04. The van der Waals surface area contributed by atoms with Gasteiger partial charge in [-0.1, -0.05) is 26.8 Å². The third kappa shape index (κ3) is 4.28. The van der Waals surface area contributed by atoms with Gasteiger partial charge in [-0.25, -0.2) is 0 Å². The number of halogens is 1. The number of carbonyl (C=O) groups is 2. The number of amides is 2. The van der Waals surface area contributed by atoms with E-state index >= 15 is 0 Å². The van der Waals surface area contributed by atoms with Gasteiger partial charge in [0, 0.05) is 23.3 Å². The number of aryl methyl sites for hydroxylation is 1. The van der Waals surface area contributed by atoms with Gasteiger partial charge in [0.05, 0.1) is 9.88 Å². The molecule has 0 atom stereocenters. The topological polar surface area (TPSA) is 75.4 Å². The van der Waals surface area contributed by atoms with E-state index in [1.54, 1.807) is 0 Å². The van der Waals surface area contributed by atoms with Crippen LogP contribution in [-0.4, -0.2) is 18.4 Å². The third-order valence-corrected chi connectivity index (χ3v) is 5.70. The molecule has 1 aliphatic heterocycles. The molecule has 1 aromatic heterocycles. The first-order chi connectivity index (χ1) is 12.2. The first-order valence-electron chi connectivity index (χ1n) is 8.79. The molecule has 2 amide bonds. The largest absolute Gasteiger partial charge is 0.398 e. The van der Waals surface area contributed by atoms with Gasteiger partial charge in [0.15, 0.2) is 0 Å². The Labute approximate surface area is 170 Å². The lowest BCUT2D eigenvalue weighted by Gasteiger charge is -2.30. The number of thiophene rings is 1. The van der Waals surface area contributed by atoms with E-state index in [0.29, 0.717) is 16.4 Å². The van der Waals surface area contributed by atoms with E-state index < -0.39 is 5.41 Å². The van der Waals surface area contributed by atoms with Gasteiger partial charge in [-0.2, -0.15) is 0 Å². The second-order valence-corrected chi connectivity index (χ2v) is 8.78. The number of hydrogen-bond acceptors (Lipinski definition) is 4. The molecular weight excluding hydrogens is 382 g/mol. The van der Waals surface area contributed by atoms with Crippen LogP contribution in [0.5, 0.6) is 0 Å². The molecular formula is C20H26ClN3O2S. The smallest absolute Gasteiger partial charge is 0.268 e. The van der Waals surface area contributed by atoms with Gasteiger partial charge in [0.25, 0.3) is 5.91 Å². The monoisotopic (exact) mass is 407 g/mol. The number of nitrogens with zero attached hydrogens (tertiary/aromatic N) is 1. The van der Waals surface area contributed by atoms with Gasteiger partial charge in [-0.3, -0.25) is 9.59 Å². The number of nitrogen functional groups attached to an aromatic ring is 1. The maximum Gasteiger partial charge on any atom is 0.268 e. The number of nitrogens with two attached hydrogens (primary N) is 1. The summed E-state index contributed by atoms with van der Waals surface area (Å²) in [6, 6.07) is 7.58. The number of rotatable bonds is 2. The van der Waals surface area contributed by atoms with E-state index in [2.05, 4.69) is 5.32 Å². The third-order valence-electron chi connectivity index (χ3n) is 4.56. The lowest BCUT2D eigenvalue weighted by molar-refractivity contribution is -0.123. The summed E-state index contributed by atoms with van der Waals surface area (Å²) in [5, 5.41) is 3.62. The Kier molecular flexibility index (Phi) is 6.22. The SMILES string of the molecule is Cc1cc(NC(=O)C(C)(C)C)sc1C(=O)N1CCCc2c(N)cccc21.Cl. The van der Waals surface area contributed by atoms with E-state index in [1.807, 2.05) is 56.9 Å². The maximum atomic E-state index is 13.2. The predicted octanol–water partition coefficient (Wildman–Crippen LogP) is 4.64. The Morgan fingerprint density at radius 2 is 1.96 bits per heavy atom. The molecule has 0 saturated heterocycles. The van der Waals surface area contributed by atoms with Crippen LogP contribution in [0, 0.1) is 12.3 Å². The Bertz CT molecular complexity index is 871.